The summed E-state index contributed by atoms with van der Waals surface area (Å²) in [6.07, 6.45) is 0. The van der Waals surface area contributed by atoms with Gasteiger partial charge >= 0.3 is 67.0 Å². The molecule has 0 aliphatic rings. The summed E-state index contributed by atoms with van der Waals surface area (Å²) in [5.74, 6) is 0. The molecule has 0 aliphatic heterocycles. The van der Waals surface area contributed by atoms with Crippen molar-refractivity contribution in [2.75, 3.05) is 0 Å². The first-order valence-electron chi connectivity index (χ1n) is 1.57. The molecule has 0 aromatic rings. The van der Waals surface area contributed by atoms with Gasteiger partial charge < -0.3 is 29.4 Å². The van der Waals surface area contributed by atoms with Crippen molar-refractivity contribution in [1.29, 1.82) is 0 Å². The van der Waals surface area contributed by atoms with E-state index in [1.165, 1.54) is 0 Å². The van der Waals surface area contributed by atoms with Crippen molar-refractivity contribution < 1.29 is 38.5 Å². The third-order valence-electron chi connectivity index (χ3n) is 0. The Hall–Kier alpha value is 2.92. The van der Waals surface area contributed by atoms with Gasteiger partial charge in [-0.25, -0.2) is 9.13 Å². The Morgan fingerprint density at radius 3 is 0.615 bits per heavy atom. The zero-order valence-corrected chi connectivity index (χ0v) is 6.18. The monoisotopic (exact) mass is 296 g/mol. The van der Waals surface area contributed by atoms with Crippen LogP contribution < -0.4 is 0 Å². The van der Waals surface area contributed by atoms with Crippen LogP contribution in [0.15, 0.2) is 0 Å². The molecule has 0 heterocycles. The summed E-state index contributed by atoms with van der Waals surface area (Å²) in [6.45, 7) is 0. The summed E-state index contributed by atoms with van der Waals surface area (Å²) in [6, 6.07) is 0. The van der Waals surface area contributed by atoms with Gasteiger partial charge in [0, 0.05) is 0 Å². The molecule has 8 nitrogen and oxygen atoms in total. The molecule has 0 unspecified atom stereocenters. The third kappa shape index (κ3) is 292. The van der Waals surface area contributed by atoms with E-state index in [1.54, 1.807) is 0 Å². The molecule has 0 saturated carbocycles. The standard InChI is InChI=1S/2Al.K.2H3O4P.7H/c;;;2*1-5(2,3)4;;;;;;;/h;;;2*(H3,1,2,3,4);;;;;;;. The van der Waals surface area contributed by atoms with E-state index < -0.39 is 15.6 Å². The molecule has 0 aliphatic carbocycles. The zero-order valence-electron chi connectivity index (χ0n) is 4.39. The van der Waals surface area contributed by atoms with Gasteiger partial charge in [0.15, 0.2) is 34.7 Å². The first-order valence-corrected chi connectivity index (χ1v) is 4.70. The summed E-state index contributed by atoms with van der Waals surface area (Å²) in [5.41, 5.74) is 0. The van der Waals surface area contributed by atoms with Crippen LogP contribution in [0.25, 0.3) is 0 Å². The van der Waals surface area contributed by atoms with E-state index in [4.69, 9.17) is 38.5 Å². The Morgan fingerprint density at radius 2 is 0.615 bits per heavy atom. The number of phosphoric acid groups is 2. The Kier molecular flexibility index (Phi) is 29.7. The maximum absolute atomic E-state index is 8.88. The topological polar surface area (TPSA) is 156 Å². The average Bonchev–Trinajstić information content (AvgIpc) is 1.12. The molecule has 0 aromatic carbocycles. The molecular weight excluding hydrogens is 283 g/mol. The van der Waals surface area contributed by atoms with Crippen LogP contribution in [0.4, 0.5) is 0 Å². The molecule has 0 atom stereocenters. The Bertz CT molecular complexity index is 132. The number of rotatable bonds is 0. The van der Waals surface area contributed by atoms with Gasteiger partial charge in [-0.2, -0.15) is 0 Å². The summed E-state index contributed by atoms with van der Waals surface area (Å²) < 4.78 is 17.8. The van der Waals surface area contributed by atoms with Crippen molar-refractivity contribution in [3.63, 3.8) is 0 Å². The minimum atomic E-state index is -4.64. The van der Waals surface area contributed by atoms with Crippen molar-refractivity contribution >= 4 is 102 Å². The van der Waals surface area contributed by atoms with E-state index in [1.807, 2.05) is 0 Å². The zero-order chi connectivity index (χ0) is 9.00. The second-order valence-corrected chi connectivity index (χ2v) is 3.08. The summed E-state index contributed by atoms with van der Waals surface area (Å²) in [5, 5.41) is 0. The van der Waals surface area contributed by atoms with Crippen LogP contribution in [0.3, 0.4) is 0 Å². The molecule has 13 heavy (non-hydrogen) atoms. The normalized spacial score (nSPS) is 9.08. The van der Waals surface area contributed by atoms with Crippen molar-refractivity contribution in [3.8, 4) is 0 Å². The molecule has 0 radical (unpaired) electrons. The third-order valence-corrected chi connectivity index (χ3v) is 0. The second kappa shape index (κ2) is 13.0. The van der Waals surface area contributed by atoms with E-state index in [0.717, 1.165) is 0 Å². The molecule has 0 amide bonds. The van der Waals surface area contributed by atoms with Gasteiger partial charge in [0.05, 0.1) is 0 Å². The van der Waals surface area contributed by atoms with Crippen LogP contribution in [0.1, 0.15) is 0 Å². The van der Waals surface area contributed by atoms with Crippen molar-refractivity contribution in [3.05, 3.63) is 0 Å². The van der Waals surface area contributed by atoms with E-state index in [2.05, 4.69) is 0 Å². The van der Waals surface area contributed by atoms with Gasteiger partial charge in [0.2, 0.25) is 0 Å². The summed E-state index contributed by atoms with van der Waals surface area (Å²) >= 11 is 0. The van der Waals surface area contributed by atoms with Crippen LogP contribution >= 0.6 is 15.6 Å². The molecule has 0 fully saturated rings. The van der Waals surface area contributed by atoms with Gasteiger partial charge in [0.1, 0.15) is 0 Å². The molecule has 0 saturated heterocycles. The number of hydrogen-bond acceptors (Lipinski definition) is 2. The van der Waals surface area contributed by atoms with Crippen LogP contribution in [0, 0.1) is 0 Å². The molecule has 13 heteroatoms. The number of hydrogen-bond donors (Lipinski definition) is 6. The maximum atomic E-state index is 8.88. The van der Waals surface area contributed by atoms with Gasteiger partial charge in [-0.3, -0.25) is 0 Å². The average molecular weight is 296 g/mol. The Morgan fingerprint density at radius 1 is 0.615 bits per heavy atom. The molecule has 6 N–H and O–H groups in total. The second-order valence-electron chi connectivity index (χ2n) is 1.03. The molecule has 78 valence electrons. The fraction of sp³-hybridized carbons (Fsp3) is 0. The summed E-state index contributed by atoms with van der Waals surface area (Å²) in [4.78, 5) is 43.1. The molecular formula is H13Al2KO8P2. The van der Waals surface area contributed by atoms with E-state index in [9.17, 15) is 0 Å². The van der Waals surface area contributed by atoms with Crippen LogP contribution in [-0.4, -0.2) is 115 Å². The molecule has 0 spiro atoms. The first-order chi connectivity index (χ1) is 4.00. The molecule has 0 aromatic heterocycles. The summed E-state index contributed by atoms with van der Waals surface area (Å²) in [7, 11) is -9.28. The fourth-order valence-electron chi connectivity index (χ4n) is 0. The fourth-order valence-corrected chi connectivity index (χ4v) is 0. The van der Waals surface area contributed by atoms with E-state index in [-0.39, 0.29) is 86.1 Å². The predicted octanol–water partition coefficient (Wildman–Crippen LogP) is -4.87. The first kappa shape index (κ1) is 29.7. The Labute approximate surface area is 138 Å². The van der Waals surface area contributed by atoms with Crippen molar-refractivity contribution in [2.24, 2.45) is 0 Å². The minimum absolute atomic E-state index is 0. The molecule has 0 rings (SSSR count). The van der Waals surface area contributed by atoms with Crippen LogP contribution in [0.5, 0.6) is 0 Å². The quantitative estimate of drug-likeness (QED) is 0.192. The van der Waals surface area contributed by atoms with Gasteiger partial charge in [-0.15, -0.1) is 0 Å². The predicted molar refractivity (Wildman–Crippen MR) is 55.6 cm³/mol. The SMILES string of the molecule is O=P(O)(O)O.O=P(O)(O)O.[AlH3].[AlH3].[KH]. The van der Waals surface area contributed by atoms with E-state index >= 15 is 0 Å². The van der Waals surface area contributed by atoms with Crippen LogP contribution in [0.2, 0.25) is 0 Å². The Balaban J connectivity index is -0.0000000267. The van der Waals surface area contributed by atoms with Gasteiger partial charge in [-0.1, -0.05) is 0 Å². The van der Waals surface area contributed by atoms with Crippen LogP contribution in [-0.2, 0) is 9.13 Å². The van der Waals surface area contributed by atoms with E-state index in [0.29, 0.717) is 0 Å². The van der Waals surface area contributed by atoms with Crippen molar-refractivity contribution in [1.82, 2.24) is 0 Å². The van der Waals surface area contributed by atoms with Crippen molar-refractivity contribution in [2.45, 2.75) is 0 Å². The van der Waals surface area contributed by atoms with Gasteiger partial charge in [0.25, 0.3) is 0 Å². The van der Waals surface area contributed by atoms with Gasteiger partial charge in [-0.05, 0) is 0 Å². The molecule has 0 bridgehead atoms.